The molecular weight excluding hydrogens is 370 g/mol. The zero-order valence-corrected chi connectivity index (χ0v) is 17.6. The number of hydrogen-bond donors (Lipinski definition) is 0. The van der Waals surface area contributed by atoms with Crippen molar-refractivity contribution in [3.8, 4) is 5.75 Å². The van der Waals surface area contributed by atoms with Crippen LogP contribution in [0, 0.1) is 11.8 Å². The second-order valence-corrected chi connectivity index (χ2v) is 8.83. The van der Waals surface area contributed by atoms with Crippen LogP contribution < -0.4 is 4.74 Å². The predicted octanol–water partition coefficient (Wildman–Crippen LogP) is 6.51. The van der Waals surface area contributed by atoms with Crippen molar-refractivity contribution in [2.45, 2.75) is 51.0 Å². The number of pyridine rings is 1. The Morgan fingerprint density at radius 3 is 2.77 bits per heavy atom. The van der Waals surface area contributed by atoms with Crippen LogP contribution in [0.15, 0.2) is 60.9 Å². The lowest BCUT2D eigenvalue weighted by molar-refractivity contribution is 0.0687. The Bertz CT molecular complexity index is 975. The monoisotopic (exact) mass is 401 g/mol. The van der Waals surface area contributed by atoms with Gasteiger partial charge in [0.2, 0.25) is 0 Å². The molecule has 1 fully saturated rings. The first-order chi connectivity index (χ1) is 14.9. The fourth-order valence-electron chi connectivity index (χ4n) is 5.39. The normalized spacial score (nSPS) is 25.0. The third-order valence-corrected chi connectivity index (χ3v) is 6.96. The van der Waals surface area contributed by atoms with Crippen LogP contribution in [0.1, 0.15) is 55.8 Å². The summed E-state index contributed by atoms with van der Waals surface area (Å²) in [5.74, 6) is 2.21. The molecule has 2 heterocycles. The van der Waals surface area contributed by atoms with Crippen molar-refractivity contribution in [2.24, 2.45) is 11.8 Å². The van der Waals surface area contributed by atoms with Crippen molar-refractivity contribution >= 4 is 10.8 Å². The van der Waals surface area contributed by atoms with Crippen LogP contribution in [0.25, 0.3) is 10.8 Å². The van der Waals surface area contributed by atoms with Crippen LogP contribution in [0.3, 0.4) is 0 Å². The largest absolute Gasteiger partial charge is 0.485 e. The van der Waals surface area contributed by atoms with E-state index in [-0.39, 0.29) is 6.10 Å². The molecule has 156 valence electrons. The molecule has 2 aromatic carbocycles. The van der Waals surface area contributed by atoms with Crippen molar-refractivity contribution in [1.29, 1.82) is 0 Å². The van der Waals surface area contributed by atoms with Crippen LogP contribution in [0.5, 0.6) is 5.75 Å². The van der Waals surface area contributed by atoms with Gasteiger partial charge in [-0.2, -0.15) is 0 Å². The predicted molar refractivity (Wildman–Crippen MR) is 121 cm³/mol. The molecule has 1 aliphatic heterocycles. The van der Waals surface area contributed by atoms with Gasteiger partial charge in [0.1, 0.15) is 11.9 Å². The van der Waals surface area contributed by atoms with Gasteiger partial charge in [-0.05, 0) is 79.2 Å². The van der Waals surface area contributed by atoms with E-state index in [2.05, 4.69) is 53.5 Å². The molecule has 1 aliphatic carbocycles. The Hall–Kier alpha value is -2.39. The highest BCUT2D eigenvalue weighted by atomic mass is 16.5. The summed E-state index contributed by atoms with van der Waals surface area (Å²) < 4.78 is 12.6. The van der Waals surface area contributed by atoms with Crippen molar-refractivity contribution in [3.05, 3.63) is 72.1 Å². The molecule has 0 N–H and O–H groups in total. The van der Waals surface area contributed by atoms with E-state index in [1.54, 1.807) is 0 Å². The molecule has 3 nitrogen and oxygen atoms in total. The van der Waals surface area contributed by atoms with Crippen LogP contribution in [0.2, 0.25) is 0 Å². The van der Waals surface area contributed by atoms with Crippen LogP contribution in [0.4, 0.5) is 0 Å². The molecule has 3 unspecified atom stereocenters. The Balaban J connectivity index is 1.46. The lowest BCUT2D eigenvalue weighted by Gasteiger charge is -2.38. The molecule has 0 spiro atoms. The molecule has 30 heavy (non-hydrogen) atoms. The van der Waals surface area contributed by atoms with Crippen molar-refractivity contribution in [1.82, 2.24) is 4.98 Å². The van der Waals surface area contributed by atoms with Gasteiger partial charge in [-0.3, -0.25) is 4.98 Å². The van der Waals surface area contributed by atoms with E-state index in [0.717, 1.165) is 37.2 Å². The zero-order chi connectivity index (χ0) is 20.2. The van der Waals surface area contributed by atoms with Gasteiger partial charge in [-0.15, -0.1) is 0 Å². The molecule has 0 bridgehead atoms. The average Bonchev–Trinajstić information content (AvgIpc) is 2.93. The molecule has 0 saturated carbocycles. The minimum Gasteiger partial charge on any atom is -0.485 e. The van der Waals surface area contributed by atoms with Crippen molar-refractivity contribution in [2.75, 3.05) is 13.2 Å². The van der Waals surface area contributed by atoms with Crippen molar-refractivity contribution in [3.63, 3.8) is 0 Å². The second kappa shape index (κ2) is 9.18. The quantitative estimate of drug-likeness (QED) is 0.501. The number of nitrogens with zero attached hydrogens (tertiary/aromatic N) is 1. The molecule has 1 aromatic heterocycles. The van der Waals surface area contributed by atoms with Crippen LogP contribution in [-0.2, 0) is 11.2 Å². The average molecular weight is 402 g/mol. The lowest BCUT2D eigenvalue weighted by atomic mass is 9.72. The molecule has 2 aliphatic rings. The maximum Gasteiger partial charge on any atom is 0.127 e. The van der Waals surface area contributed by atoms with E-state index < -0.39 is 0 Å². The second-order valence-electron chi connectivity index (χ2n) is 8.83. The first-order valence-corrected chi connectivity index (χ1v) is 11.5. The van der Waals surface area contributed by atoms with Gasteiger partial charge in [0.05, 0.1) is 0 Å². The Labute approximate surface area is 179 Å². The molecule has 3 heteroatoms. The first kappa shape index (κ1) is 19.6. The number of rotatable bonds is 3. The number of ether oxygens (including phenoxy) is 2. The summed E-state index contributed by atoms with van der Waals surface area (Å²) in [7, 11) is 0. The fraction of sp³-hybridized carbons (Fsp3) is 0.444. The summed E-state index contributed by atoms with van der Waals surface area (Å²) in [4.78, 5) is 4.29. The third kappa shape index (κ3) is 4.22. The van der Waals surface area contributed by atoms with Gasteiger partial charge in [-0.1, -0.05) is 36.8 Å². The topological polar surface area (TPSA) is 31.4 Å². The molecule has 3 aromatic rings. The minimum absolute atomic E-state index is 0.121. The summed E-state index contributed by atoms with van der Waals surface area (Å²) >= 11 is 0. The van der Waals surface area contributed by atoms with Gasteiger partial charge < -0.3 is 9.47 Å². The molecule has 0 amide bonds. The van der Waals surface area contributed by atoms with Crippen LogP contribution >= 0.6 is 0 Å². The van der Waals surface area contributed by atoms with Gasteiger partial charge in [0.25, 0.3) is 0 Å². The molecule has 3 atom stereocenters. The molecule has 0 radical (unpaired) electrons. The van der Waals surface area contributed by atoms with Gasteiger partial charge in [0.15, 0.2) is 0 Å². The van der Waals surface area contributed by atoms with E-state index >= 15 is 0 Å². The molecule has 5 rings (SSSR count). The van der Waals surface area contributed by atoms with Gasteiger partial charge in [-0.25, -0.2) is 0 Å². The first-order valence-electron chi connectivity index (χ1n) is 11.5. The number of aryl methyl sites for hydroxylation is 1. The number of hydrogen-bond acceptors (Lipinski definition) is 3. The van der Waals surface area contributed by atoms with Gasteiger partial charge in [0, 0.05) is 36.9 Å². The highest BCUT2D eigenvalue weighted by molar-refractivity contribution is 5.82. The Morgan fingerprint density at radius 2 is 1.77 bits per heavy atom. The van der Waals surface area contributed by atoms with E-state index in [0.29, 0.717) is 11.8 Å². The molecular formula is C27H31NO2. The summed E-state index contributed by atoms with van der Waals surface area (Å²) in [6, 6.07) is 17.4. The lowest BCUT2D eigenvalue weighted by Crippen LogP contribution is -2.31. The summed E-state index contributed by atoms with van der Waals surface area (Å²) in [6.07, 6.45) is 12.4. The highest BCUT2D eigenvalue weighted by Crippen LogP contribution is 2.44. The van der Waals surface area contributed by atoms with E-state index in [1.807, 2.05) is 12.4 Å². The minimum atomic E-state index is 0.121. The fourth-order valence-corrected chi connectivity index (χ4v) is 5.39. The SMILES string of the molecule is c1ccc2c(c1)CCC(C1CCCCOCCC1)C2Oc1ccc2ccncc2c1. The Kier molecular flexibility index (Phi) is 5.99. The maximum absolute atomic E-state index is 6.80. The van der Waals surface area contributed by atoms with E-state index in [9.17, 15) is 0 Å². The number of aromatic nitrogens is 1. The van der Waals surface area contributed by atoms with E-state index in [1.165, 1.54) is 48.6 Å². The van der Waals surface area contributed by atoms with Gasteiger partial charge >= 0.3 is 0 Å². The number of benzene rings is 2. The van der Waals surface area contributed by atoms with Crippen molar-refractivity contribution < 1.29 is 9.47 Å². The zero-order valence-electron chi connectivity index (χ0n) is 17.6. The molecule has 1 saturated heterocycles. The van der Waals surface area contributed by atoms with Crippen LogP contribution in [-0.4, -0.2) is 18.2 Å². The number of fused-ring (bicyclic) bond motifs is 2. The maximum atomic E-state index is 6.80. The third-order valence-electron chi connectivity index (χ3n) is 6.96. The summed E-state index contributed by atoms with van der Waals surface area (Å²) in [6.45, 7) is 1.83. The standard InChI is InChI=1S/C27H31NO2/c1-2-9-25-22(6-1)11-13-26(21-7-3-4-16-29-17-5-8-21)27(25)30-24-12-10-20-14-15-28-19-23(20)18-24/h1-2,6,9-10,12,14-15,18-19,21,26-27H,3-5,7-8,11,13,16-17H2. The highest BCUT2D eigenvalue weighted by Gasteiger charge is 2.36. The Morgan fingerprint density at radius 1 is 0.867 bits per heavy atom. The van der Waals surface area contributed by atoms with E-state index in [4.69, 9.17) is 9.47 Å². The summed E-state index contributed by atoms with van der Waals surface area (Å²) in [5, 5.41) is 2.34. The summed E-state index contributed by atoms with van der Waals surface area (Å²) in [5.41, 5.74) is 2.84. The smallest absolute Gasteiger partial charge is 0.127 e.